The van der Waals surface area contributed by atoms with Gasteiger partial charge in [-0.25, -0.2) is 19.0 Å². The summed E-state index contributed by atoms with van der Waals surface area (Å²) in [5.41, 5.74) is 2.56. The number of hydrogen-bond acceptors (Lipinski definition) is 5. The summed E-state index contributed by atoms with van der Waals surface area (Å²) in [7, 11) is 0. The van der Waals surface area contributed by atoms with Crippen molar-refractivity contribution in [1.29, 1.82) is 0 Å². The number of carbonyl (C=O) groups excluding carboxylic acids is 2. The Kier molecular flexibility index (Phi) is 5.64. The van der Waals surface area contributed by atoms with E-state index in [1.54, 1.807) is 42.5 Å². The Bertz CT molecular complexity index is 1230. The number of halogens is 2. The Labute approximate surface area is 182 Å². The van der Waals surface area contributed by atoms with Crippen molar-refractivity contribution >= 4 is 35.5 Å². The maximum absolute atomic E-state index is 13.0. The normalized spacial score (nSPS) is 14.4. The predicted octanol–water partition coefficient (Wildman–Crippen LogP) is 5.35. The van der Waals surface area contributed by atoms with Gasteiger partial charge in [-0.05, 0) is 72.7 Å². The molecular formula is C24H15ClFNO4. The number of nitrogens with zero attached hydrogens (tertiary/aromatic N) is 1. The molecule has 3 aromatic rings. The standard InChI is InChI=1S/C24H15ClFNO4/c1-14-2-5-17(13-20(14)25)22-27-21(24(29)31-22)12-15-3-10-19(11-4-15)30-23(28)16-6-8-18(26)9-7-16/h2-13H,1H3/b21-12-. The molecule has 31 heavy (non-hydrogen) atoms. The van der Waals surface area contributed by atoms with E-state index in [0.717, 1.165) is 5.56 Å². The first kappa shape index (κ1) is 20.5. The second-order valence-electron chi connectivity index (χ2n) is 6.77. The Morgan fingerprint density at radius 3 is 2.45 bits per heavy atom. The van der Waals surface area contributed by atoms with Crippen LogP contribution in [-0.2, 0) is 9.53 Å². The first-order chi connectivity index (χ1) is 14.9. The van der Waals surface area contributed by atoms with Gasteiger partial charge in [0.2, 0.25) is 5.90 Å². The van der Waals surface area contributed by atoms with Gasteiger partial charge in [0, 0.05) is 10.6 Å². The molecule has 0 radical (unpaired) electrons. The van der Waals surface area contributed by atoms with Crippen molar-refractivity contribution in [3.8, 4) is 5.75 Å². The highest BCUT2D eigenvalue weighted by atomic mass is 35.5. The number of carbonyl (C=O) groups is 2. The molecule has 7 heteroatoms. The van der Waals surface area contributed by atoms with Gasteiger partial charge in [-0.2, -0.15) is 0 Å². The van der Waals surface area contributed by atoms with Gasteiger partial charge in [-0.3, -0.25) is 0 Å². The van der Waals surface area contributed by atoms with Crippen LogP contribution in [0.4, 0.5) is 4.39 Å². The third kappa shape index (κ3) is 4.70. The third-order valence-corrected chi connectivity index (χ3v) is 4.92. The Hall–Kier alpha value is -3.77. The summed E-state index contributed by atoms with van der Waals surface area (Å²) in [5.74, 6) is -1.11. The lowest BCUT2D eigenvalue weighted by Crippen LogP contribution is -2.08. The van der Waals surface area contributed by atoms with Crippen LogP contribution in [0, 0.1) is 12.7 Å². The zero-order valence-corrected chi connectivity index (χ0v) is 17.0. The molecule has 4 rings (SSSR count). The van der Waals surface area contributed by atoms with Crippen molar-refractivity contribution in [2.75, 3.05) is 0 Å². The second-order valence-corrected chi connectivity index (χ2v) is 7.17. The summed E-state index contributed by atoms with van der Waals surface area (Å²) in [6.07, 6.45) is 1.57. The molecule has 0 saturated heterocycles. The molecule has 1 aliphatic rings. The van der Waals surface area contributed by atoms with Crippen molar-refractivity contribution in [1.82, 2.24) is 0 Å². The van der Waals surface area contributed by atoms with Gasteiger partial charge in [-0.15, -0.1) is 0 Å². The number of ether oxygens (including phenoxy) is 2. The number of rotatable bonds is 4. The predicted molar refractivity (Wildman–Crippen MR) is 115 cm³/mol. The second kappa shape index (κ2) is 8.53. The van der Waals surface area contributed by atoms with Crippen LogP contribution in [0.25, 0.3) is 6.08 Å². The summed E-state index contributed by atoms with van der Waals surface area (Å²) >= 11 is 6.13. The lowest BCUT2D eigenvalue weighted by Gasteiger charge is -2.04. The fourth-order valence-electron chi connectivity index (χ4n) is 2.80. The molecule has 1 aliphatic heterocycles. The average Bonchev–Trinajstić information content (AvgIpc) is 3.12. The van der Waals surface area contributed by atoms with E-state index in [1.165, 1.54) is 24.3 Å². The fourth-order valence-corrected chi connectivity index (χ4v) is 2.98. The van der Waals surface area contributed by atoms with Crippen LogP contribution in [0.2, 0.25) is 5.02 Å². The Morgan fingerprint density at radius 2 is 1.77 bits per heavy atom. The largest absolute Gasteiger partial charge is 0.423 e. The minimum absolute atomic E-state index is 0.141. The molecule has 154 valence electrons. The van der Waals surface area contributed by atoms with Crippen molar-refractivity contribution in [2.45, 2.75) is 6.92 Å². The first-order valence-electron chi connectivity index (χ1n) is 9.26. The summed E-state index contributed by atoms with van der Waals surface area (Å²) in [4.78, 5) is 28.5. The molecule has 5 nitrogen and oxygen atoms in total. The summed E-state index contributed by atoms with van der Waals surface area (Å²) in [6.45, 7) is 1.88. The van der Waals surface area contributed by atoms with Crippen molar-refractivity contribution in [3.05, 3.63) is 106 Å². The van der Waals surface area contributed by atoms with Crippen molar-refractivity contribution < 1.29 is 23.5 Å². The van der Waals surface area contributed by atoms with Crippen molar-refractivity contribution in [3.63, 3.8) is 0 Å². The first-order valence-corrected chi connectivity index (χ1v) is 9.64. The van der Waals surface area contributed by atoms with Crippen LogP contribution in [-0.4, -0.2) is 17.8 Å². The minimum atomic E-state index is -0.600. The minimum Gasteiger partial charge on any atom is -0.423 e. The van der Waals surface area contributed by atoms with E-state index in [-0.39, 0.29) is 17.2 Å². The van der Waals surface area contributed by atoms with Crippen LogP contribution in [0.15, 0.2) is 77.4 Å². The lowest BCUT2D eigenvalue weighted by atomic mass is 10.1. The lowest BCUT2D eigenvalue weighted by molar-refractivity contribution is -0.129. The number of aliphatic imine (C=N–C) groups is 1. The van der Waals surface area contributed by atoms with Gasteiger partial charge in [0.15, 0.2) is 5.70 Å². The van der Waals surface area contributed by atoms with E-state index in [4.69, 9.17) is 21.1 Å². The average molecular weight is 436 g/mol. The summed E-state index contributed by atoms with van der Waals surface area (Å²) < 4.78 is 23.5. The molecule has 0 unspecified atom stereocenters. The van der Waals surface area contributed by atoms with E-state index >= 15 is 0 Å². The number of esters is 2. The summed E-state index contributed by atoms with van der Waals surface area (Å²) in [6, 6.07) is 16.9. The highest BCUT2D eigenvalue weighted by molar-refractivity contribution is 6.31. The maximum atomic E-state index is 13.0. The van der Waals surface area contributed by atoms with Crippen LogP contribution in [0.5, 0.6) is 5.75 Å². The van der Waals surface area contributed by atoms with Crippen LogP contribution in [0.3, 0.4) is 0 Å². The maximum Gasteiger partial charge on any atom is 0.363 e. The molecule has 0 fully saturated rings. The van der Waals surface area contributed by atoms with Crippen LogP contribution < -0.4 is 4.74 Å². The van der Waals surface area contributed by atoms with Crippen molar-refractivity contribution in [2.24, 2.45) is 4.99 Å². The molecule has 0 amide bonds. The smallest absolute Gasteiger partial charge is 0.363 e. The zero-order valence-electron chi connectivity index (χ0n) is 16.3. The Morgan fingerprint density at radius 1 is 1.06 bits per heavy atom. The van der Waals surface area contributed by atoms with E-state index in [0.29, 0.717) is 21.9 Å². The molecule has 0 spiro atoms. The molecule has 0 aromatic heterocycles. The number of cyclic esters (lactones) is 1. The zero-order chi connectivity index (χ0) is 22.0. The van der Waals surface area contributed by atoms with Gasteiger partial charge in [0.1, 0.15) is 11.6 Å². The quantitative estimate of drug-likeness (QED) is 0.315. The van der Waals surface area contributed by atoms with Crippen LogP contribution >= 0.6 is 11.6 Å². The van der Waals surface area contributed by atoms with Gasteiger partial charge < -0.3 is 9.47 Å². The third-order valence-electron chi connectivity index (χ3n) is 4.51. The monoisotopic (exact) mass is 435 g/mol. The molecule has 0 N–H and O–H groups in total. The van der Waals surface area contributed by atoms with Gasteiger partial charge in [0.05, 0.1) is 5.56 Å². The molecule has 0 atom stereocenters. The highest BCUT2D eigenvalue weighted by Gasteiger charge is 2.24. The molecule has 0 saturated carbocycles. The molecule has 0 aliphatic carbocycles. The van der Waals surface area contributed by atoms with E-state index < -0.39 is 17.8 Å². The van der Waals surface area contributed by atoms with Gasteiger partial charge in [0.25, 0.3) is 0 Å². The topological polar surface area (TPSA) is 65.0 Å². The van der Waals surface area contributed by atoms with E-state index in [1.807, 2.05) is 13.0 Å². The molecule has 0 bridgehead atoms. The van der Waals surface area contributed by atoms with E-state index in [2.05, 4.69) is 4.99 Å². The molecular weight excluding hydrogens is 421 g/mol. The van der Waals surface area contributed by atoms with Crippen LogP contribution in [0.1, 0.15) is 27.0 Å². The Balaban J connectivity index is 1.49. The number of benzene rings is 3. The number of hydrogen-bond donors (Lipinski definition) is 0. The molecule has 1 heterocycles. The summed E-state index contributed by atoms with van der Waals surface area (Å²) in [5, 5.41) is 0.555. The number of aryl methyl sites for hydroxylation is 1. The van der Waals surface area contributed by atoms with Gasteiger partial charge in [-0.1, -0.05) is 29.8 Å². The van der Waals surface area contributed by atoms with Gasteiger partial charge >= 0.3 is 11.9 Å². The SMILES string of the molecule is Cc1ccc(C2=N/C(=C\c3ccc(OC(=O)c4ccc(F)cc4)cc3)C(=O)O2)cc1Cl. The van der Waals surface area contributed by atoms with E-state index in [9.17, 15) is 14.0 Å². The highest BCUT2D eigenvalue weighted by Crippen LogP contribution is 2.23. The molecule has 3 aromatic carbocycles. The fraction of sp³-hybridized carbons (Fsp3) is 0.0417.